The zero-order chi connectivity index (χ0) is 13.0. The van der Waals surface area contributed by atoms with Gasteiger partial charge in [0.15, 0.2) is 5.13 Å². The predicted octanol–water partition coefficient (Wildman–Crippen LogP) is 0.549. The molecule has 0 spiro atoms. The molecule has 0 saturated carbocycles. The number of amides is 1. The molecule has 0 aliphatic carbocycles. The number of hydrogen-bond acceptors (Lipinski definition) is 6. The van der Waals surface area contributed by atoms with Crippen molar-refractivity contribution in [3.05, 3.63) is 11.1 Å². The first kappa shape index (κ1) is 12.8. The quantitative estimate of drug-likeness (QED) is 0.763. The summed E-state index contributed by atoms with van der Waals surface area (Å²) in [5.74, 6) is -0.220. The largest absolute Gasteiger partial charge is 0.466 e. The van der Waals surface area contributed by atoms with E-state index < -0.39 is 0 Å². The Balaban J connectivity index is 1.86. The fraction of sp³-hybridized carbons (Fsp3) is 0.545. The molecular formula is C11H15N3O3S. The van der Waals surface area contributed by atoms with Gasteiger partial charge in [-0.2, -0.15) is 0 Å². The zero-order valence-electron chi connectivity index (χ0n) is 10.1. The van der Waals surface area contributed by atoms with Crippen LogP contribution in [0.4, 0.5) is 5.13 Å². The fourth-order valence-electron chi connectivity index (χ4n) is 1.70. The first-order valence-electron chi connectivity index (χ1n) is 5.80. The highest BCUT2D eigenvalue weighted by Crippen LogP contribution is 2.18. The van der Waals surface area contributed by atoms with Crippen LogP contribution >= 0.6 is 11.3 Å². The van der Waals surface area contributed by atoms with Crippen LogP contribution in [0.2, 0.25) is 0 Å². The minimum atomic E-state index is -0.271. The number of hydrogen-bond donors (Lipinski definition) is 2. The third-order valence-electron chi connectivity index (χ3n) is 2.49. The van der Waals surface area contributed by atoms with Crippen LogP contribution in [0.5, 0.6) is 0 Å². The van der Waals surface area contributed by atoms with Crippen molar-refractivity contribution in [3.8, 4) is 0 Å². The Morgan fingerprint density at radius 2 is 2.56 bits per heavy atom. The standard InChI is InChI=1S/C11H15N3O3S/c1-2-17-10(16)4-8-6-18-11(14-8)13-7-3-9(15)12-5-7/h6-7H,2-5H2,1H3,(H,12,15)(H,13,14). The van der Waals surface area contributed by atoms with Gasteiger partial charge in [-0.1, -0.05) is 0 Å². The summed E-state index contributed by atoms with van der Waals surface area (Å²) in [6.45, 7) is 2.77. The van der Waals surface area contributed by atoms with Crippen LogP contribution in [-0.2, 0) is 20.7 Å². The fourth-order valence-corrected chi connectivity index (χ4v) is 2.48. The van der Waals surface area contributed by atoms with Crippen LogP contribution in [0.3, 0.4) is 0 Å². The lowest BCUT2D eigenvalue weighted by Crippen LogP contribution is -2.22. The lowest BCUT2D eigenvalue weighted by molar-refractivity contribution is -0.142. The number of anilines is 1. The van der Waals surface area contributed by atoms with Gasteiger partial charge in [0.2, 0.25) is 5.91 Å². The van der Waals surface area contributed by atoms with E-state index in [9.17, 15) is 9.59 Å². The van der Waals surface area contributed by atoms with Crippen LogP contribution in [0.1, 0.15) is 19.0 Å². The summed E-state index contributed by atoms with van der Waals surface area (Å²) < 4.78 is 4.85. The molecule has 1 amide bonds. The molecule has 1 aromatic heterocycles. The van der Waals surface area contributed by atoms with Gasteiger partial charge in [-0.15, -0.1) is 11.3 Å². The monoisotopic (exact) mass is 269 g/mol. The summed E-state index contributed by atoms with van der Waals surface area (Å²) in [6.07, 6.45) is 0.653. The molecule has 1 saturated heterocycles. The maximum Gasteiger partial charge on any atom is 0.311 e. The molecule has 1 fully saturated rings. The molecular weight excluding hydrogens is 254 g/mol. The number of carbonyl (C=O) groups excluding carboxylic acids is 2. The van der Waals surface area contributed by atoms with Crippen molar-refractivity contribution in [3.63, 3.8) is 0 Å². The Labute approximate surface area is 109 Å². The Bertz CT molecular complexity index is 446. The summed E-state index contributed by atoms with van der Waals surface area (Å²) in [5.41, 5.74) is 0.693. The Hall–Kier alpha value is -1.63. The van der Waals surface area contributed by atoms with E-state index in [1.165, 1.54) is 11.3 Å². The van der Waals surface area contributed by atoms with Gasteiger partial charge in [0, 0.05) is 18.3 Å². The smallest absolute Gasteiger partial charge is 0.311 e. The number of esters is 1. The third-order valence-corrected chi connectivity index (χ3v) is 3.31. The number of carbonyl (C=O) groups is 2. The molecule has 1 atom stereocenters. The topological polar surface area (TPSA) is 80.3 Å². The minimum absolute atomic E-state index is 0.0517. The van der Waals surface area contributed by atoms with E-state index in [0.29, 0.717) is 25.3 Å². The van der Waals surface area contributed by atoms with Gasteiger partial charge in [-0.25, -0.2) is 4.98 Å². The van der Waals surface area contributed by atoms with Crippen LogP contribution in [0, 0.1) is 0 Å². The second-order valence-corrected chi connectivity index (χ2v) is 4.83. The molecule has 0 bridgehead atoms. The molecule has 1 aromatic rings. The predicted molar refractivity (Wildman–Crippen MR) is 67.5 cm³/mol. The number of nitrogens with one attached hydrogen (secondary N) is 2. The molecule has 2 rings (SSSR count). The maximum absolute atomic E-state index is 11.3. The van der Waals surface area contributed by atoms with Gasteiger partial charge < -0.3 is 15.4 Å². The van der Waals surface area contributed by atoms with Crippen molar-refractivity contribution in [1.82, 2.24) is 10.3 Å². The first-order valence-corrected chi connectivity index (χ1v) is 6.68. The SMILES string of the molecule is CCOC(=O)Cc1csc(NC2CNC(=O)C2)n1. The summed E-state index contributed by atoms with van der Waals surface area (Å²) >= 11 is 1.43. The van der Waals surface area contributed by atoms with Crippen LogP contribution in [0.25, 0.3) is 0 Å². The molecule has 0 radical (unpaired) electrons. The second-order valence-electron chi connectivity index (χ2n) is 3.98. The summed E-state index contributed by atoms with van der Waals surface area (Å²) in [5, 5.41) is 8.47. The van der Waals surface area contributed by atoms with E-state index >= 15 is 0 Å². The van der Waals surface area contributed by atoms with Gasteiger partial charge in [0.1, 0.15) is 0 Å². The van der Waals surface area contributed by atoms with Gasteiger partial charge in [0.25, 0.3) is 0 Å². The number of rotatable bonds is 5. The van der Waals surface area contributed by atoms with Crippen molar-refractivity contribution in [2.24, 2.45) is 0 Å². The summed E-state index contributed by atoms with van der Waals surface area (Å²) in [7, 11) is 0. The molecule has 98 valence electrons. The Morgan fingerprint density at radius 1 is 1.72 bits per heavy atom. The van der Waals surface area contributed by atoms with Crippen LogP contribution in [0.15, 0.2) is 5.38 Å². The molecule has 1 aliphatic rings. The summed E-state index contributed by atoms with van der Waals surface area (Å²) in [6, 6.07) is 0.0825. The molecule has 1 aliphatic heterocycles. The van der Waals surface area contributed by atoms with Gasteiger partial charge in [-0.3, -0.25) is 9.59 Å². The summed E-state index contributed by atoms with van der Waals surface area (Å²) in [4.78, 5) is 26.6. The zero-order valence-corrected chi connectivity index (χ0v) is 10.9. The lowest BCUT2D eigenvalue weighted by atomic mass is 10.3. The Kier molecular flexibility index (Phi) is 4.14. The molecule has 2 N–H and O–H groups in total. The minimum Gasteiger partial charge on any atom is -0.466 e. The first-order chi connectivity index (χ1) is 8.67. The normalized spacial score (nSPS) is 18.5. The highest BCUT2D eigenvalue weighted by Gasteiger charge is 2.22. The average molecular weight is 269 g/mol. The van der Waals surface area contributed by atoms with E-state index in [1.54, 1.807) is 6.92 Å². The highest BCUT2D eigenvalue weighted by atomic mass is 32.1. The number of thiazole rings is 1. The lowest BCUT2D eigenvalue weighted by Gasteiger charge is -2.07. The van der Waals surface area contributed by atoms with E-state index in [4.69, 9.17) is 4.74 Å². The van der Waals surface area contributed by atoms with E-state index in [1.807, 2.05) is 5.38 Å². The molecule has 18 heavy (non-hydrogen) atoms. The number of nitrogens with zero attached hydrogens (tertiary/aromatic N) is 1. The van der Waals surface area contributed by atoms with E-state index in [-0.39, 0.29) is 24.3 Å². The van der Waals surface area contributed by atoms with E-state index in [0.717, 1.165) is 5.13 Å². The van der Waals surface area contributed by atoms with Crippen molar-refractivity contribution >= 4 is 28.3 Å². The van der Waals surface area contributed by atoms with E-state index in [2.05, 4.69) is 15.6 Å². The van der Waals surface area contributed by atoms with Gasteiger partial charge in [0.05, 0.1) is 24.8 Å². The third kappa shape index (κ3) is 3.43. The maximum atomic E-state index is 11.3. The molecule has 7 heteroatoms. The van der Waals surface area contributed by atoms with Crippen molar-refractivity contribution < 1.29 is 14.3 Å². The van der Waals surface area contributed by atoms with Crippen molar-refractivity contribution in [1.29, 1.82) is 0 Å². The molecule has 2 heterocycles. The van der Waals surface area contributed by atoms with Crippen LogP contribution < -0.4 is 10.6 Å². The van der Waals surface area contributed by atoms with Gasteiger partial charge in [-0.05, 0) is 6.92 Å². The highest BCUT2D eigenvalue weighted by molar-refractivity contribution is 7.13. The van der Waals surface area contributed by atoms with Crippen LogP contribution in [-0.4, -0.2) is 36.1 Å². The molecule has 6 nitrogen and oxygen atoms in total. The second kappa shape index (κ2) is 5.81. The van der Waals surface area contributed by atoms with Gasteiger partial charge >= 0.3 is 5.97 Å². The number of ether oxygens (including phenoxy) is 1. The molecule has 0 aromatic carbocycles. The Morgan fingerprint density at radius 3 is 3.22 bits per heavy atom. The average Bonchev–Trinajstić information content (AvgIpc) is 2.89. The van der Waals surface area contributed by atoms with Crippen molar-refractivity contribution in [2.45, 2.75) is 25.8 Å². The number of aromatic nitrogens is 1. The molecule has 1 unspecified atom stereocenters. The van der Waals surface area contributed by atoms with Crippen molar-refractivity contribution in [2.75, 3.05) is 18.5 Å².